The number of amides is 1. The van der Waals surface area contributed by atoms with Crippen molar-refractivity contribution in [2.24, 2.45) is 5.92 Å². The van der Waals surface area contributed by atoms with Crippen LogP contribution in [-0.4, -0.2) is 23.9 Å². The fourth-order valence-electron chi connectivity index (χ4n) is 3.31. The van der Waals surface area contributed by atoms with Crippen molar-refractivity contribution in [3.63, 3.8) is 0 Å². The molecule has 3 nitrogen and oxygen atoms in total. The zero-order chi connectivity index (χ0) is 17.5. The third-order valence-corrected chi connectivity index (χ3v) is 4.82. The average molecular weight is 340 g/mol. The molecule has 2 aromatic rings. The van der Waals surface area contributed by atoms with Gasteiger partial charge < -0.3 is 10.2 Å². The number of hydrogen-bond acceptors (Lipinski definition) is 2. The second-order valence-electron chi connectivity index (χ2n) is 6.72. The van der Waals surface area contributed by atoms with Crippen LogP contribution in [0.1, 0.15) is 30.4 Å². The summed E-state index contributed by atoms with van der Waals surface area (Å²) >= 11 is 0. The molecule has 1 amide bonds. The summed E-state index contributed by atoms with van der Waals surface area (Å²) in [5.74, 6) is 0.420. The zero-order valence-corrected chi connectivity index (χ0v) is 14.5. The Morgan fingerprint density at radius 2 is 1.84 bits per heavy atom. The summed E-state index contributed by atoms with van der Waals surface area (Å²) < 4.78 is 14.0. The minimum atomic E-state index is -0.256. The number of hydrogen-bond donors (Lipinski definition) is 1. The SMILES string of the molecule is O=C(CCC1CCNC1)N(Cc1ccccc1)Cc1ccccc1F. The first-order valence-corrected chi connectivity index (χ1v) is 8.98. The minimum Gasteiger partial charge on any atom is -0.334 e. The maximum atomic E-state index is 14.0. The Labute approximate surface area is 148 Å². The molecule has 1 atom stereocenters. The van der Waals surface area contributed by atoms with Crippen molar-refractivity contribution in [3.05, 3.63) is 71.5 Å². The molecule has 0 spiro atoms. The molecule has 1 fully saturated rings. The quantitative estimate of drug-likeness (QED) is 0.833. The molecule has 0 bridgehead atoms. The number of carbonyl (C=O) groups is 1. The average Bonchev–Trinajstić information content (AvgIpc) is 3.15. The molecule has 1 aliphatic heterocycles. The highest BCUT2D eigenvalue weighted by molar-refractivity contribution is 5.76. The van der Waals surface area contributed by atoms with Gasteiger partial charge in [0.05, 0.1) is 0 Å². The number of carbonyl (C=O) groups excluding carboxylic acids is 1. The lowest BCUT2D eigenvalue weighted by atomic mass is 10.0. The van der Waals surface area contributed by atoms with Crippen molar-refractivity contribution in [1.82, 2.24) is 10.2 Å². The maximum Gasteiger partial charge on any atom is 0.223 e. The van der Waals surface area contributed by atoms with Gasteiger partial charge >= 0.3 is 0 Å². The van der Waals surface area contributed by atoms with Gasteiger partial charge in [0.2, 0.25) is 5.91 Å². The molecule has 2 aromatic carbocycles. The van der Waals surface area contributed by atoms with Crippen molar-refractivity contribution in [3.8, 4) is 0 Å². The van der Waals surface area contributed by atoms with Gasteiger partial charge in [-0.3, -0.25) is 4.79 Å². The highest BCUT2D eigenvalue weighted by atomic mass is 19.1. The van der Waals surface area contributed by atoms with E-state index in [2.05, 4.69) is 5.32 Å². The van der Waals surface area contributed by atoms with Crippen LogP contribution >= 0.6 is 0 Å². The second-order valence-corrected chi connectivity index (χ2v) is 6.72. The molecule has 3 rings (SSSR count). The van der Waals surface area contributed by atoms with Crippen LogP contribution in [-0.2, 0) is 17.9 Å². The van der Waals surface area contributed by atoms with Gasteiger partial charge in [-0.2, -0.15) is 0 Å². The Morgan fingerprint density at radius 3 is 2.56 bits per heavy atom. The standard InChI is InChI=1S/C21H25FN2O/c22-20-9-5-4-8-19(20)16-24(15-18-6-2-1-3-7-18)21(25)11-10-17-12-13-23-14-17/h1-9,17,23H,10-16H2. The Hall–Kier alpha value is -2.20. The van der Waals surface area contributed by atoms with Gasteiger partial charge in [0.15, 0.2) is 0 Å². The van der Waals surface area contributed by atoms with E-state index in [0.717, 1.165) is 31.5 Å². The van der Waals surface area contributed by atoms with Crippen molar-refractivity contribution >= 4 is 5.91 Å². The predicted molar refractivity (Wildman–Crippen MR) is 97.3 cm³/mol. The number of nitrogens with one attached hydrogen (secondary N) is 1. The molecule has 1 N–H and O–H groups in total. The zero-order valence-electron chi connectivity index (χ0n) is 14.5. The highest BCUT2D eigenvalue weighted by Gasteiger charge is 2.20. The molecular formula is C21H25FN2O. The van der Waals surface area contributed by atoms with Crippen LogP contribution in [0.3, 0.4) is 0 Å². The van der Waals surface area contributed by atoms with E-state index in [1.54, 1.807) is 17.0 Å². The van der Waals surface area contributed by atoms with Crippen LogP contribution in [0.5, 0.6) is 0 Å². The van der Waals surface area contributed by atoms with Gasteiger partial charge in [-0.15, -0.1) is 0 Å². The van der Waals surface area contributed by atoms with Crippen molar-refractivity contribution in [1.29, 1.82) is 0 Å². The van der Waals surface area contributed by atoms with Gasteiger partial charge in [0.1, 0.15) is 5.82 Å². The Kier molecular flexibility index (Phi) is 6.18. The lowest BCUT2D eigenvalue weighted by Crippen LogP contribution is -2.30. The van der Waals surface area contributed by atoms with E-state index in [9.17, 15) is 9.18 Å². The summed E-state index contributed by atoms with van der Waals surface area (Å²) in [4.78, 5) is 14.6. The van der Waals surface area contributed by atoms with Crippen LogP contribution in [0, 0.1) is 11.7 Å². The molecule has 132 valence electrons. The maximum absolute atomic E-state index is 14.0. The Morgan fingerprint density at radius 1 is 1.08 bits per heavy atom. The van der Waals surface area contributed by atoms with Crippen LogP contribution in [0.25, 0.3) is 0 Å². The molecule has 0 aliphatic carbocycles. The van der Waals surface area contributed by atoms with Gasteiger partial charge in [-0.25, -0.2) is 4.39 Å². The molecule has 0 saturated carbocycles. The lowest BCUT2D eigenvalue weighted by Gasteiger charge is -2.24. The van der Waals surface area contributed by atoms with E-state index in [4.69, 9.17) is 0 Å². The first-order chi connectivity index (χ1) is 12.2. The van der Waals surface area contributed by atoms with E-state index in [1.807, 2.05) is 36.4 Å². The Bertz CT molecular complexity index is 683. The minimum absolute atomic E-state index is 0.0963. The van der Waals surface area contributed by atoms with Gasteiger partial charge in [0.25, 0.3) is 0 Å². The van der Waals surface area contributed by atoms with E-state index in [0.29, 0.717) is 31.0 Å². The van der Waals surface area contributed by atoms with Gasteiger partial charge in [0, 0.05) is 25.1 Å². The lowest BCUT2D eigenvalue weighted by molar-refractivity contribution is -0.132. The summed E-state index contributed by atoms with van der Waals surface area (Å²) in [6.45, 7) is 2.86. The number of halogens is 1. The number of rotatable bonds is 7. The van der Waals surface area contributed by atoms with E-state index in [-0.39, 0.29) is 11.7 Å². The fraction of sp³-hybridized carbons (Fsp3) is 0.381. The molecule has 0 aromatic heterocycles. The van der Waals surface area contributed by atoms with Crippen molar-refractivity contribution < 1.29 is 9.18 Å². The predicted octanol–water partition coefficient (Wildman–Crippen LogP) is 3.74. The smallest absolute Gasteiger partial charge is 0.223 e. The Balaban J connectivity index is 1.68. The summed E-state index contributed by atoms with van der Waals surface area (Å²) in [6.07, 6.45) is 2.56. The molecule has 25 heavy (non-hydrogen) atoms. The molecule has 1 unspecified atom stereocenters. The molecule has 0 radical (unpaired) electrons. The number of nitrogens with zero attached hydrogens (tertiary/aromatic N) is 1. The monoisotopic (exact) mass is 340 g/mol. The van der Waals surface area contributed by atoms with Crippen molar-refractivity contribution in [2.75, 3.05) is 13.1 Å². The molecule has 1 heterocycles. The highest BCUT2D eigenvalue weighted by Crippen LogP contribution is 2.18. The fourth-order valence-corrected chi connectivity index (χ4v) is 3.31. The van der Waals surface area contributed by atoms with Crippen LogP contribution in [0.4, 0.5) is 4.39 Å². The largest absolute Gasteiger partial charge is 0.334 e. The summed E-state index contributed by atoms with van der Waals surface area (Å²) in [7, 11) is 0. The first-order valence-electron chi connectivity index (χ1n) is 8.98. The molecular weight excluding hydrogens is 315 g/mol. The second kappa shape index (κ2) is 8.77. The molecule has 4 heteroatoms. The third-order valence-electron chi connectivity index (χ3n) is 4.82. The topological polar surface area (TPSA) is 32.3 Å². The van der Waals surface area contributed by atoms with Gasteiger partial charge in [-0.1, -0.05) is 48.5 Å². The van der Waals surface area contributed by atoms with Crippen molar-refractivity contribution in [2.45, 2.75) is 32.4 Å². The third kappa shape index (κ3) is 5.13. The van der Waals surface area contributed by atoms with Gasteiger partial charge in [-0.05, 0) is 43.5 Å². The normalized spacial score (nSPS) is 16.8. The van der Waals surface area contributed by atoms with Crippen LogP contribution in [0.15, 0.2) is 54.6 Å². The summed E-state index contributed by atoms with van der Waals surface area (Å²) in [5, 5.41) is 3.34. The first kappa shape index (κ1) is 17.6. The van der Waals surface area contributed by atoms with E-state index in [1.165, 1.54) is 6.07 Å². The summed E-state index contributed by atoms with van der Waals surface area (Å²) in [6, 6.07) is 16.6. The van der Waals surface area contributed by atoms with E-state index >= 15 is 0 Å². The van der Waals surface area contributed by atoms with Crippen LogP contribution in [0.2, 0.25) is 0 Å². The van der Waals surface area contributed by atoms with Crippen LogP contribution < -0.4 is 5.32 Å². The molecule has 1 saturated heterocycles. The summed E-state index contributed by atoms with van der Waals surface area (Å²) in [5.41, 5.74) is 1.63. The van der Waals surface area contributed by atoms with E-state index < -0.39 is 0 Å². The molecule has 1 aliphatic rings. The number of benzene rings is 2.